The summed E-state index contributed by atoms with van der Waals surface area (Å²) in [4.78, 5) is 14.1. The van der Waals surface area contributed by atoms with Crippen molar-refractivity contribution < 1.29 is 14.6 Å². The second-order valence-corrected chi connectivity index (χ2v) is 5.98. The highest BCUT2D eigenvalue weighted by Gasteiger charge is 2.46. The van der Waals surface area contributed by atoms with Gasteiger partial charge in [0.2, 0.25) is 0 Å². The van der Waals surface area contributed by atoms with Crippen LogP contribution < -0.4 is 0 Å². The van der Waals surface area contributed by atoms with E-state index in [0.717, 1.165) is 12.8 Å². The number of likely N-dealkylation sites (tertiary alicyclic amines) is 1. The van der Waals surface area contributed by atoms with E-state index in [1.54, 1.807) is 29.2 Å². The first-order valence-corrected chi connectivity index (χ1v) is 7.35. The van der Waals surface area contributed by atoms with E-state index >= 15 is 0 Å². The van der Waals surface area contributed by atoms with Crippen LogP contribution in [0.15, 0.2) is 24.3 Å². The summed E-state index contributed by atoms with van der Waals surface area (Å²) in [6.45, 7) is 1.65. The zero-order chi connectivity index (χ0) is 14.2. The van der Waals surface area contributed by atoms with Crippen LogP contribution in [0.2, 0.25) is 5.02 Å². The van der Waals surface area contributed by atoms with Crippen LogP contribution in [0.4, 0.5) is 0 Å². The second-order valence-electron chi connectivity index (χ2n) is 5.54. The van der Waals surface area contributed by atoms with Crippen molar-refractivity contribution in [1.82, 2.24) is 4.90 Å². The van der Waals surface area contributed by atoms with Crippen LogP contribution in [0, 0.1) is 0 Å². The monoisotopic (exact) mass is 295 g/mol. The first kappa shape index (κ1) is 13.9. The fraction of sp³-hybridized carbons (Fsp3) is 0.533. The Hall–Kier alpha value is -1.10. The summed E-state index contributed by atoms with van der Waals surface area (Å²) in [5.41, 5.74) is 0.137. The number of nitrogens with zero attached hydrogens (tertiary/aromatic N) is 1. The molecule has 2 aliphatic rings. The van der Waals surface area contributed by atoms with Gasteiger partial charge in [0.1, 0.15) is 6.10 Å². The number of carbonyl (C=O) groups excluding carboxylic acids is 1. The van der Waals surface area contributed by atoms with Gasteiger partial charge in [0.05, 0.1) is 5.60 Å². The number of β-amino-alcohol motifs (C(OH)–C–C–N with tert-alkyl or cyclic N) is 1. The number of aliphatic hydroxyl groups is 1. The molecule has 2 fully saturated rings. The Labute approximate surface area is 123 Å². The molecule has 1 aromatic rings. The molecule has 0 unspecified atom stereocenters. The van der Waals surface area contributed by atoms with Crippen LogP contribution in [0.5, 0.6) is 0 Å². The Morgan fingerprint density at radius 2 is 2.30 bits per heavy atom. The third kappa shape index (κ3) is 2.43. The molecule has 20 heavy (non-hydrogen) atoms. The molecule has 0 aromatic heterocycles. The fourth-order valence-corrected chi connectivity index (χ4v) is 3.32. The lowest BCUT2D eigenvalue weighted by Crippen LogP contribution is -2.56. The number of hydrogen-bond donors (Lipinski definition) is 1. The normalized spacial score (nSPS) is 29.9. The predicted molar refractivity (Wildman–Crippen MR) is 75.9 cm³/mol. The molecule has 0 saturated carbocycles. The molecule has 2 saturated heterocycles. The molecule has 1 aromatic carbocycles. The molecule has 2 atom stereocenters. The average molecular weight is 296 g/mol. The van der Waals surface area contributed by atoms with Crippen LogP contribution in [0.25, 0.3) is 0 Å². The van der Waals surface area contributed by atoms with Crippen molar-refractivity contribution in [2.75, 3.05) is 19.7 Å². The minimum Gasteiger partial charge on any atom is -0.388 e. The second kappa shape index (κ2) is 5.35. The zero-order valence-corrected chi connectivity index (χ0v) is 12.0. The molecule has 0 aliphatic carbocycles. The molecular weight excluding hydrogens is 278 g/mol. The molecule has 5 heteroatoms. The van der Waals surface area contributed by atoms with Gasteiger partial charge in [-0.05, 0) is 37.5 Å². The van der Waals surface area contributed by atoms with Crippen molar-refractivity contribution >= 4 is 17.5 Å². The van der Waals surface area contributed by atoms with Crippen LogP contribution in [0.3, 0.4) is 0 Å². The summed E-state index contributed by atoms with van der Waals surface area (Å²) in [7, 11) is 0. The number of hydrogen-bond acceptors (Lipinski definition) is 3. The van der Waals surface area contributed by atoms with Crippen LogP contribution in [-0.4, -0.2) is 47.3 Å². The van der Waals surface area contributed by atoms with E-state index in [1.165, 1.54) is 0 Å². The minimum absolute atomic E-state index is 0.0839. The van der Waals surface area contributed by atoms with Gasteiger partial charge in [0.15, 0.2) is 0 Å². The molecule has 108 valence electrons. The Kier molecular flexibility index (Phi) is 3.71. The van der Waals surface area contributed by atoms with E-state index in [-0.39, 0.29) is 5.91 Å². The predicted octanol–water partition coefficient (Wildman–Crippen LogP) is 2.10. The summed E-state index contributed by atoms with van der Waals surface area (Å²) in [6.07, 6.45) is 1.95. The van der Waals surface area contributed by atoms with Crippen LogP contribution in [0.1, 0.15) is 29.6 Å². The van der Waals surface area contributed by atoms with Gasteiger partial charge in [-0.15, -0.1) is 0 Å². The molecule has 1 N–H and O–H groups in total. The minimum atomic E-state index is -0.609. The maximum Gasteiger partial charge on any atom is 0.253 e. The SMILES string of the molecule is O=C(c1cccc(Cl)c1)N1CC[C@@]2(CCCO2)[C@@H](O)C1. The molecule has 4 nitrogen and oxygen atoms in total. The zero-order valence-electron chi connectivity index (χ0n) is 11.2. The van der Waals surface area contributed by atoms with Crippen molar-refractivity contribution in [3.05, 3.63) is 34.9 Å². The molecule has 1 spiro atoms. The quantitative estimate of drug-likeness (QED) is 0.863. The molecule has 1 amide bonds. The number of rotatable bonds is 1. The Balaban J connectivity index is 1.72. The smallest absolute Gasteiger partial charge is 0.253 e. The number of piperidine rings is 1. The number of carbonyl (C=O) groups is 1. The number of ether oxygens (including phenoxy) is 1. The highest BCUT2D eigenvalue weighted by atomic mass is 35.5. The third-order valence-corrected chi connectivity index (χ3v) is 4.53. The largest absolute Gasteiger partial charge is 0.388 e. The summed E-state index contributed by atoms with van der Waals surface area (Å²) in [5, 5.41) is 10.9. The van der Waals surface area contributed by atoms with Gasteiger partial charge in [-0.25, -0.2) is 0 Å². The lowest BCUT2D eigenvalue weighted by molar-refractivity contribution is -0.122. The van der Waals surface area contributed by atoms with Crippen molar-refractivity contribution in [3.63, 3.8) is 0 Å². The van der Waals surface area contributed by atoms with Gasteiger partial charge >= 0.3 is 0 Å². The van der Waals surface area contributed by atoms with Crippen LogP contribution in [-0.2, 0) is 4.74 Å². The standard InChI is InChI=1S/C15H18ClNO3/c16-12-4-1-3-11(9-12)14(19)17-7-6-15(13(18)10-17)5-2-8-20-15/h1,3-4,9,13,18H,2,5-8,10H2/t13-,15-/m0/s1. The fourth-order valence-electron chi connectivity index (χ4n) is 3.12. The highest BCUT2D eigenvalue weighted by Crippen LogP contribution is 2.36. The van der Waals surface area contributed by atoms with Crippen molar-refractivity contribution in [3.8, 4) is 0 Å². The summed E-state index contributed by atoms with van der Waals surface area (Å²) in [6, 6.07) is 6.91. The molecular formula is C15H18ClNO3. The van der Waals surface area contributed by atoms with Crippen molar-refractivity contribution in [2.24, 2.45) is 0 Å². The molecule has 3 rings (SSSR count). The van der Waals surface area contributed by atoms with Crippen molar-refractivity contribution in [1.29, 1.82) is 0 Å². The van der Waals surface area contributed by atoms with Gasteiger partial charge in [-0.1, -0.05) is 17.7 Å². The Morgan fingerprint density at radius 3 is 2.95 bits per heavy atom. The number of amides is 1. The topological polar surface area (TPSA) is 49.8 Å². The van der Waals surface area contributed by atoms with Gasteiger partial charge in [-0.2, -0.15) is 0 Å². The summed E-state index contributed by atoms with van der Waals surface area (Å²) < 4.78 is 5.74. The summed E-state index contributed by atoms with van der Waals surface area (Å²) in [5.74, 6) is -0.0839. The van der Waals surface area contributed by atoms with E-state index in [2.05, 4.69) is 0 Å². The van der Waals surface area contributed by atoms with E-state index in [9.17, 15) is 9.90 Å². The maximum absolute atomic E-state index is 12.4. The average Bonchev–Trinajstić information content (AvgIpc) is 2.91. The van der Waals surface area contributed by atoms with Crippen LogP contribution >= 0.6 is 11.6 Å². The summed E-state index contributed by atoms with van der Waals surface area (Å²) >= 11 is 5.91. The molecule has 2 heterocycles. The van der Waals surface area contributed by atoms with Gasteiger partial charge in [0, 0.05) is 30.3 Å². The van der Waals surface area contributed by atoms with E-state index < -0.39 is 11.7 Å². The molecule has 0 radical (unpaired) electrons. The lowest BCUT2D eigenvalue weighted by Gasteiger charge is -2.42. The molecule has 2 aliphatic heterocycles. The van der Waals surface area contributed by atoms with E-state index in [1.807, 2.05) is 0 Å². The van der Waals surface area contributed by atoms with Gasteiger partial charge < -0.3 is 14.7 Å². The molecule has 0 bridgehead atoms. The maximum atomic E-state index is 12.4. The Morgan fingerprint density at radius 1 is 1.45 bits per heavy atom. The van der Waals surface area contributed by atoms with Gasteiger partial charge in [-0.3, -0.25) is 4.79 Å². The number of benzene rings is 1. The number of halogens is 1. The number of aliphatic hydroxyl groups excluding tert-OH is 1. The van der Waals surface area contributed by atoms with E-state index in [4.69, 9.17) is 16.3 Å². The third-order valence-electron chi connectivity index (χ3n) is 4.30. The first-order chi connectivity index (χ1) is 9.61. The van der Waals surface area contributed by atoms with Gasteiger partial charge in [0.25, 0.3) is 5.91 Å². The first-order valence-electron chi connectivity index (χ1n) is 6.98. The Bertz CT molecular complexity index is 514. The lowest BCUT2D eigenvalue weighted by atomic mass is 9.86. The van der Waals surface area contributed by atoms with E-state index in [0.29, 0.717) is 36.7 Å². The highest BCUT2D eigenvalue weighted by molar-refractivity contribution is 6.30. The van der Waals surface area contributed by atoms with Crippen molar-refractivity contribution in [2.45, 2.75) is 31.0 Å².